The smallest absolute Gasteiger partial charge is 0.119 e. The second kappa shape index (κ2) is 9.19. The second-order valence-corrected chi connectivity index (χ2v) is 5.30. The lowest BCUT2D eigenvalue weighted by molar-refractivity contribution is 0.304. The van der Waals surface area contributed by atoms with Gasteiger partial charge in [0, 0.05) is 0 Å². The average molecular weight is 283 g/mol. The van der Waals surface area contributed by atoms with Crippen LogP contribution in [0.1, 0.15) is 32.1 Å². The van der Waals surface area contributed by atoms with Crippen molar-refractivity contribution in [2.75, 3.05) is 13.2 Å². The van der Waals surface area contributed by atoms with E-state index >= 15 is 0 Å². The van der Waals surface area contributed by atoms with Gasteiger partial charge in [-0.25, -0.2) is 0 Å². The molecular formula is C19H25NO. The van der Waals surface area contributed by atoms with Gasteiger partial charge >= 0.3 is 0 Å². The van der Waals surface area contributed by atoms with E-state index in [4.69, 9.17) is 10.5 Å². The molecule has 0 aliphatic heterocycles. The Morgan fingerprint density at radius 3 is 2.24 bits per heavy atom. The van der Waals surface area contributed by atoms with E-state index in [1.807, 2.05) is 12.1 Å². The molecule has 2 N–H and O–H groups in total. The van der Waals surface area contributed by atoms with Crippen LogP contribution in [0, 0.1) is 0 Å². The first-order valence-electron chi connectivity index (χ1n) is 7.88. The highest BCUT2D eigenvalue weighted by atomic mass is 16.5. The van der Waals surface area contributed by atoms with Gasteiger partial charge in [0.25, 0.3) is 0 Å². The molecule has 2 nitrogen and oxygen atoms in total. The molecular weight excluding hydrogens is 258 g/mol. The first-order valence-corrected chi connectivity index (χ1v) is 7.88. The van der Waals surface area contributed by atoms with Crippen molar-refractivity contribution in [3.8, 4) is 16.9 Å². The molecule has 0 amide bonds. The van der Waals surface area contributed by atoms with Crippen molar-refractivity contribution < 1.29 is 4.74 Å². The van der Waals surface area contributed by atoms with Crippen LogP contribution in [0.3, 0.4) is 0 Å². The van der Waals surface area contributed by atoms with E-state index in [0.29, 0.717) is 0 Å². The highest BCUT2D eigenvalue weighted by Crippen LogP contribution is 2.23. The summed E-state index contributed by atoms with van der Waals surface area (Å²) < 4.78 is 5.85. The van der Waals surface area contributed by atoms with Crippen molar-refractivity contribution in [1.29, 1.82) is 0 Å². The summed E-state index contributed by atoms with van der Waals surface area (Å²) in [5.74, 6) is 0.957. The number of hydrogen-bond acceptors (Lipinski definition) is 2. The Morgan fingerprint density at radius 2 is 1.43 bits per heavy atom. The van der Waals surface area contributed by atoms with Crippen LogP contribution >= 0.6 is 0 Å². The van der Waals surface area contributed by atoms with E-state index in [0.717, 1.165) is 31.7 Å². The number of hydrogen-bond donors (Lipinski definition) is 1. The fourth-order valence-corrected chi connectivity index (χ4v) is 2.36. The van der Waals surface area contributed by atoms with Crippen molar-refractivity contribution >= 4 is 0 Å². The van der Waals surface area contributed by atoms with Gasteiger partial charge in [0.1, 0.15) is 5.75 Å². The summed E-state index contributed by atoms with van der Waals surface area (Å²) >= 11 is 0. The first kappa shape index (κ1) is 15.6. The van der Waals surface area contributed by atoms with Crippen molar-refractivity contribution in [2.24, 2.45) is 5.73 Å². The maximum absolute atomic E-state index is 5.85. The molecule has 0 spiro atoms. The molecule has 2 aromatic carbocycles. The van der Waals surface area contributed by atoms with Gasteiger partial charge in [-0.3, -0.25) is 0 Å². The van der Waals surface area contributed by atoms with Gasteiger partial charge in [0.15, 0.2) is 0 Å². The van der Waals surface area contributed by atoms with Gasteiger partial charge in [0.2, 0.25) is 0 Å². The third-order valence-corrected chi connectivity index (χ3v) is 3.56. The van der Waals surface area contributed by atoms with Gasteiger partial charge in [-0.1, -0.05) is 61.7 Å². The fraction of sp³-hybridized carbons (Fsp3) is 0.368. The van der Waals surface area contributed by atoms with Crippen LogP contribution in [0.2, 0.25) is 0 Å². The van der Waals surface area contributed by atoms with Crippen molar-refractivity contribution in [1.82, 2.24) is 0 Å². The predicted molar refractivity (Wildman–Crippen MR) is 89.5 cm³/mol. The Hall–Kier alpha value is -1.80. The zero-order chi connectivity index (χ0) is 14.8. The number of unbranched alkanes of at least 4 members (excludes halogenated alkanes) is 4. The summed E-state index contributed by atoms with van der Waals surface area (Å²) in [5, 5.41) is 0. The van der Waals surface area contributed by atoms with E-state index < -0.39 is 0 Å². The van der Waals surface area contributed by atoms with E-state index in [1.54, 1.807) is 0 Å². The molecule has 0 saturated carbocycles. The van der Waals surface area contributed by atoms with Gasteiger partial charge in [0.05, 0.1) is 6.61 Å². The standard InChI is InChI=1S/C19H25NO/c20-14-7-2-1-3-8-15-21-19-13-9-12-18(16-19)17-10-5-4-6-11-17/h4-6,9-13,16H,1-3,7-8,14-15,20H2. The second-order valence-electron chi connectivity index (χ2n) is 5.30. The van der Waals surface area contributed by atoms with E-state index in [1.165, 1.54) is 30.4 Å². The lowest BCUT2D eigenvalue weighted by atomic mass is 10.1. The average Bonchev–Trinajstić information content (AvgIpc) is 2.55. The normalized spacial score (nSPS) is 10.5. The topological polar surface area (TPSA) is 35.2 Å². The fourth-order valence-electron chi connectivity index (χ4n) is 2.36. The van der Waals surface area contributed by atoms with E-state index in [9.17, 15) is 0 Å². The molecule has 2 heteroatoms. The minimum absolute atomic E-state index is 0.793. The molecule has 2 aromatic rings. The van der Waals surface area contributed by atoms with Crippen LogP contribution in [0.15, 0.2) is 54.6 Å². The van der Waals surface area contributed by atoms with Crippen LogP contribution in [-0.4, -0.2) is 13.2 Å². The van der Waals surface area contributed by atoms with Gasteiger partial charge in [-0.15, -0.1) is 0 Å². The van der Waals surface area contributed by atoms with Crippen LogP contribution < -0.4 is 10.5 Å². The number of benzene rings is 2. The Labute approximate surface area is 127 Å². The molecule has 0 aliphatic rings. The molecule has 0 aromatic heterocycles. The summed E-state index contributed by atoms with van der Waals surface area (Å²) in [6.45, 7) is 1.60. The third-order valence-electron chi connectivity index (χ3n) is 3.56. The molecule has 21 heavy (non-hydrogen) atoms. The van der Waals surface area contributed by atoms with Gasteiger partial charge in [-0.2, -0.15) is 0 Å². The largest absolute Gasteiger partial charge is 0.494 e. The SMILES string of the molecule is NCCCCCCCOc1cccc(-c2ccccc2)c1. The van der Waals surface area contributed by atoms with Crippen molar-refractivity contribution in [2.45, 2.75) is 32.1 Å². The van der Waals surface area contributed by atoms with Crippen LogP contribution in [0.25, 0.3) is 11.1 Å². The molecule has 0 aliphatic carbocycles. The lowest BCUT2D eigenvalue weighted by Crippen LogP contribution is -1.99. The predicted octanol–water partition coefficient (Wildman–Crippen LogP) is 4.64. The zero-order valence-corrected chi connectivity index (χ0v) is 12.6. The van der Waals surface area contributed by atoms with Gasteiger partial charge in [-0.05, 0) is 42.6 Å². The Kier molecular flexibility index (Phi) is 6.82. The maximum Gasteiger partial charge on any atom is 0.119 e. The lowest BCUT2D eigenvalue weighted by Gasteiger charge is -2.08. The van der Waals surface area contributed by atoms with Crippen molar-refractivity contribution in [3.05, 3.63) is 54.6 Å². The summed E-state index contributed by atoms with van der Waals surface area (Å²) in [6.07, 6.45) is 5.96. The van der Waals surface area contributed by atoms with Crippen LogP contribution in [0.5, 0.6) is 5.75 Å². The van der Waals surface area contributed by atoms with Crippen molar-refractivity contribution in [3.63, 3.8) is 0 Å². The summed E-state index contributed by atoms with van der Waals surface area (Å²) in [7, 11) is 0. The maximum atomic E-state index is 5.85. The van der Waals surface area contributed by atoms with Crippen LogP contribution in [-0.2, 0) is 0 Å². The minimum atomic E-state index is 0.793. The zero-order valence-electron chi connectivity index (χ0n) is 12.6. The third kappa shape index (κ3) is 5.60. The highest BCUT2D eigenvalue weighted by Gasteiger charge is 1.99. The molecule has 0 fully saturated rings. The molecule has 0 atom stereocenters. The summed E-state index contributed by atoms with van der Waals surface area (Å²) in [6, 6.07) is 18.7. The number of ether oxygens (including phenoxy) is 1. The van der Waals surface area contributed by atoms with Crippen LogP contribution in [0.4, 0.5) is 0 Å². The molecule has 0 unspecified atom stereocenters. The molecule has 0 bridgehead atoms. The molecule has 0 saturated heterocycles. The highest BCUT2D eigenvalue weighted by molar-refractivity contribution is 5.64. The van der Waals surface area contributed by atoms with E-state index in [2.05, 4.69) is 42.5 Å². The summed E-state index contributed by atoms with van der Waals surface area (Å²) in [4.78, 5) is 0. The number of nitrogens with two attached hydrogens (primary N) is 1. The Bertz CT molecular complexity index is 510. The number of rotatable bonds is 9. The van der Waals surface area contributed by atoms with E-state index in [-0.39, 0.29) is 0 Å². The molecule has 2 rings (SSSR count). The first-order chi connectivity index (χ1) is 10.4. The Morgan fingerprint density at radius 1 is 0.714 bits per heavy atom. The monoisotopic (exact) mass is 283 g/mol. The molecule has 0 heterocycles. The molecule has 0 radical (unpaired) electrons. The Balaban J connectivity index is 1.77. The van der Waals surface area contributed by atoms with Gasteiger partial charge < -0.3 is 10.5 Å². The molecule has 112 valence electrons. The quantitative estimate of drug-likeness (QED) is 0.680. The minimum Gasteiger partial charge on any atom is -0.494 e. The summed E-state index contributed by atoms with van der Waals surface area (Å²) in [5.41, 5.74) is 7.91.